The normalized spacial score (nSPS) is 12.3. The minimum absolute atomic E-state index is 0.0928. The Morgan fingerprint density at radius 3 is 2.10 bits per heavy atom. The van der Waals surface area contributed by atoms with Crippen molar-refractivity contribution in [1.82, 2.24) is 9.97 Å². The van der Waals surface area contributed by atoms with Crippen molar-refractivity contribution in [2.75, 3.05) is 13.7 Å². The molecule has 1 aromatic heterocycles. The Morgan fingerprint density at radius 1 is 1.00 bits per heavy atom. The van der Waals surface area contributed by atoms with Crippen molar-refractivity contribution in [2.45, 2.75) is 59.3 Å². The number of hydrogen-bond acceptors (Lipinski definition) is 4. The van der Waals surface area contributed by atoms with Gasteiger partial charge in [0, 0.05) is 16.7 Å². The minimum Gasteiger partial charge on any atom is -0.496 e. The van der Waals surface area contributed by atoms with Crippen LogP contribution in [0.2, 0.25) is 0 Å². The quantitative estimate of drug-likeness (QED) is 0.537. The van der Waals surface area contributed by atoms with Crippen LogP contribution in [-0.4, -0.2) is 29.7 Å². The molecule has 160 valence electrons. The van der Waals surface area contributed by atoms with Crippen molar-refractivity contribution in [3.8, 4) is 17.1 Å². The maximum atomic E-state index is 12.1. The van der Waals surface area contributed by atoms with Gasteiger partial charge < -0.3 is 14.5 Å². The smallest absolute Gasteiger partial charge is 0.338 e. The maximum Gasteiger partial charge on any atom is 0.338 e. The first kappa shape index (κ1) is 21.9. The van der Waals surface area contributed by atoms with Gasteiger partial charge in [-0.05, 0) is 48.1 Å². The second-order valence-corrected chi connectivity index (χ2v) is 9.64. The molecule has 0 spiro atoms. The summed E-state index contributed by atoms with van der Waals surface area (Å²) < 4.78 is 11.0. The summed E-state index contributed by atoms with van der Waals surface area (Å²) in [6.07, 6.45) is 0. The molecule has 2 aromatic carbocycles. The molecule has 3 aromatic rings. The molecule has 0 aliphatic carbocycles. The Morgan fingerprint density at radius 2 is 1.60 bits per heavy atom. The summed E-state index contributed by atoms with van der Waals surface area (Å²) in [5, 5.41) is 0. The number of methoxy groups -OCH3 is 1. The molecule has 0 amide bonds. The number of aromatic nitrogens is 2. The van der Waals surface area contributed by atoms with Crippen LogP contribution in [0.5, 0.6) is 5.75 Å². The number of carbonyl (C=O) groups excluding carboxylic acids is 1. The number of H-pyrrole nitrogens is 1. The van der Waals surface area contributed by atoms with E-state index in [1.165, 1.54) is 0 Å². The van der Waals surface area contributed by atoms with Crippen molar-refractivity contribution >= 4 is 17.0 Å². The third kappa shape index (κ3) is 4.20. The summed E-state index contributed by atoms with van der Waals surface area (Å²) in [5.41, 5.74) is 5.22. The highest BCUT2D eigenvalue weighted by atomic mass is 16.5. The highest BCUT2D eigenvalue weighted by molar-refractivity contribution is 5.94. The average molecular weight is 409 g/mol. The molecule has 0 fully saturated rings. The Labute approximate surface area is 178 Å². The molecule has 5 heteroatoms. The SMILES string of the molecule is CCOC(=O)c1ccc2nc(-c3cc(C(C)(C)C)c(OC)c(C(C)(C)C)c3)[nH]c2c1. The summed E-state index contributed by atoms with van der Waals surface area (Å²) in [4.78, 5) is 20.2. The molecule has 0 saturated heterocycles. The Kier molecular flexibility index (Phi) is 5.68. The van der Waals surface area contributed by atoms with Crippen molar-refractivity contribution < 1.29 is 14.3 Å². The van der Waals surface area contributed by atoms with Crippen LogP contribution in [0, 0.1) is 0 Å². The van der Waals surface area contributed by atoms with E-state index in [1.54, 1.807) is 26.2 Å². The summed E-state index contributed by atoms with van der Waals surface area (Å²) in [5.74, 6) is 1.37. The zero-order valence-corrected chi connectivity index (χ0v) is 19.3. The Hall–Kier alpha value is -2.82. The fraction of sp³-hybridized carbons (Fsp3) is 0.440. The number of rotatable bonds is 4. The van der Waals surface area contributed by atoms with Gasteiger partial charge in [-0.15, -0.1) is 0 Å². The van der Waals surface area contributed by atoms with Crippen molar-refractivity contribution in [3.63, 3.8) is 0 Å². The van der Waals surface area contributed by atoms with Gasteiger partial charge in [-0.1, -0.05) is 41.5 Å². The van der Waals surface area contributed by atoms with Gasteiger partial charge in [-0.2, -0.15) is 0 Å². The molecular formula is C25H32N2O3. The predicted octanol–water partition coefficient (Wildman–Crippen LogP) is 6.01. The van der Waals surface area contributed by atoms with Crippen LogP contribution < -0.4 is 4.74 Å². The van der Waals surface area contributed by atoms with Gasteiger partial charge in [-0.25, -0.2) is 9.78 Å². The van der Waals surface area contributed by atoms with Crippen LogP contribution in [-0.2, 0) is 15.6 Å². The monoisotopic (exact) mass is 408 g/mol. The van der Waals surface area contributed by atoms with Crippen LogP contribution in [0.3, 0.4) is 0 Å². The fourth-order valence-corrected chi connectivity index (χ4v) is 3.59. The first-order valence-corrected chi connectivity index (χ1v) is 10.4. The fourth-order valence-electron chi connectivity index (χ4n) is 3.59. The number of hydrogen-bond donors (Lipinski definition) is 1. The predicted molar refractivity (Wildman–Crippen MR) is 121 cm³/mol. The van der Waals surface area contributed by atoms with E-state index in [-0.39, 0.29) is 16.8 Å². The lowest BCUT2D eigenvalue weighted by atomic mass is 9.78. The first-order valence-electron chi connectivity index (χ1n) is 10.4. The van der Waals surface area contributed by atoms with Gasteiger partial charge >= 0.3 is 5.97 Å². The topological polar surface area (TPSA) is 64.2 Å². The third-order valence-corrected chi connectivity index (χ3v) is 5.18. The zero-order chi connectivity index (χ0) is 22.3. The number of aromatic amines is 1. The second-order valence-electron chi connectivity index (χ2n) is 9.64. The van der Waals surface area contributed by atoms with Gasteiger partial charge in [0.05, 0.1) is 30.3 Å². The van der Waals surface area contributed by atoms with Gasteiger partial charge in [-0.3, -0.25) is 0 Å². The van der Waals surface area contributed by atoms with Crippen LogP contribution in [0.15, 0.2) is 30.3 Å². The molecule has 1 N–H and O–H groups in total. The van der Waals surface area contributed by atoms with Gasteiger partial charge in [0.1, 0.15) is 11.6 Å². The Bertz CT molecular complexity index is 1050. The maximum absolute atomic E-state index is 12.1. The van der Waals surface area contributed by atoms with E-state index in [4.69, 9.17) is 14.5 Å². The highest BCUT2D eigenvalue weighted by Gasteiger charge is 2.28. The van der Waals surface area contributed by atoms with Crippen molar-refractivity contribution in [2.24, 2.45) is 0 Å². The molecular weight excluding hydrogens is 376 g/mol. The summed E-state index contributed by atoms with van der Waals surface area (Å²) >= 11 is 0. The first-order chi connectivity index (χ1) is 14.0. The second kappa shape index (κ2) is 7.78. The molecule has 0 unspecified atom stereocenters. The summed E-state index contributed by atoms with van der Waals surface area (Å²) in [6, 6.07) is 9.69. The highest BCUT2D eigenvalue weighted by Crippen LogP contribution is 2.42. The molecule has 3 rings (SSSR count). The standard InChI is InChI=1S/C25H32N2O3/c1-9-30-23(28)15-10-11-19-20(14-15)27-22(26-19)16-12-17(24(2,3)4)21(29-8)18(13-16)25(5,6)7/h10-14H,9H2,1-8H3,(H,26,27). The largest absolute Gasteiger partial charge is 0.496 e. The van der Waals surface area contributed by atoms with Crippen LogP contribution in [0.25, 0.3) is 22.4 Å². The van der Waals surface area contributed by atoms with Crippen LogP contribution >= 0.6 is 0 Å². The zero-order valence-electron chi connectivity index (χ0n) is 19.3. The number of ether oxygens (including phenoxy) is 2. The number of carbonyl (C=O) groups is 1. The summed E-state index contributed by atoms with van der Waals surface area (Å²) in [7, 11) is 1.73. The number of nitrogens with one attached hydrogen (secondary N) is 1. The molecule has 0 bridgehead atoms. The number of nitrogens with zero attached hydrogens (tertiary/aromatic N) is 1. The van der Waals surface area contributed by atoms with E-state index in [2.05, 4.69) is 58.7 Å². The van der Waals surface area contributed by atoms with E-state index in [9.17, 15) is 4.79 Å². The summed E-state index contributed by atoms with van der Waals surface area (Å²) in [6.45, 7) is 15.3. The molecule has 0 aliphatic rings. The van der Waals surface area contributed by atoms with E-state index < -0.39 is 0 Å². The van der Waals surface area contributed by atoms with E-state index in [1.807, 2.05) is 6.07 Å². The molecule has 1 heterocycles. The van der Waals surface area contributed by atoms with Crippen molar-refractivity contribution in [1.29, 1.82) is 0 Å². The van der Waals surface area contributed by atoms with Gasteiger partial charge in [0.2, 0.25) is 0 Å². The van der Waals surface area contributed by atoms with Crippen molar-refractivity contribution in [3.05, 3.63) is 47.0 Å². The lowest BCUT2D eigenvalue weighted by molar-refractivity contribution is 0.0526. The number of fused-ring (bicyclic) bond motifs is 1. The molecule has 0 atom stereocenters. The lowest BCUT2D eigenvalue weighted by Gasteiger charge is -2.29. The van der Waals surface area contributed by atoms with E-state index in [0.29, 0.717) is 12.2 Å². The molecule has 0 radical (unpaired) electrons. The number of imidazole rings is 1. The molecule has 0 aliphatic heterocycles. The minimum atomic E-state index is -0.329. The van der Waals surface area contributed by atoms with Crippen LogP contribution in [0.1, 0.15) is 70.0 Å². The molecule has 0 saturated carbocycles. The number of benzene rings is 2. The third-order valence-electron chi connectivity index (χ3n) is 5.18. The Balaban J connectivity index is 2.19. The molecule has 5 nitrogen and oxygen atoms in total. The average Bonchev–Trinajstić information content (AvgIpc) is 3.09. The van der Waals surface area contributed by atoms with Gasteiger partial charge in [0.15, 0.2) is 0 Å². The lowest BCUT2D eigenvalue weighted by Crippen LogP contribution is -2.19. The number of esters is 1. The van der Waals surface area contributed by atoms with E-state index >= 15 is 0 Å². The van der Waals surface area contributed by atoms with Crippen LogP contribution in [0.4, 0.5) is 0 Å². The molecule has 30 heavy (non-hydrogen) atoms. The van der Waals surface area contributed by atoms with E-state index in [0.717, 1.165) is 39.3 Å². The van der Waals surface area contributed by atoms with Gasteiger partial charge in [0.25, 0.3) is 0 Å².